The summed E-state index contributed by atoms with van der Waals surface area (Å²) in [5.74, 6) is -0.237. The van der Waals surface area contributed by atoms with Crippen molar-refractivity contribution in [2.24, 2.45) is 0 Å². The van der Waals surface area contributed by atoms with Crippen LogP contribution in [0.3, 0.4) is 0 Å². The molecule has 0 saturated heterocycles. The van der Waals surface area contributed by atoms with E-state index in [1.165, 1.54) is 11.3 Å². The van der Waals surface area contributed by atoms with E-state index in [9.17, 15) is 4.79 Å². The van der Waals surface area contributed by atoms with Gasteiger partial charge in [0.1, 0.15) is 0 Å². The lowest BCUT2D eigenvalue weighted by molar-refractivity contribution is 0.102. The summed E-state index contributed by atoms with van der Waals surface area (Å²) in [6.45, 7) is 0. The number of aromatic nitrogens is 1. The zero-order valence-electron chi connectivity index (χ0n) is 10.3. The summed E-state index contributed by atoms with van der Waals surface area (Å²) in [6.07, 6.45) is 0. The summed E-state index contributed by atoms with van der Waals surface area (Å²) in [5.41, 5.74) is 7.70. The van der Waals surface area contributed by atoms with Crippen LogP contribution in [0.5, 0.6) is 0 Å². The van der Waals surface area contributed by atoms with Crippen LogP contribution >= 0.6 is 22.9 Å². The number of thiazole rings is 1. The third-order valence-electron chi connectivity index (χ3n) is 2.72. The highest BCUT2D eigenvalue weighted by atomic mass is 35.5. The van der Waals surface area contributed by atoms with E-state index >= 15 is 0 Å². The zero-order valence-corrected chi connectivity index (χ0v) is 11.8. The van der Waals surface area contributed by atoms with Crippen LogP contribution in [-0.2, 0) is 0 Å². The van der Waals surface area contributed by atoms with Gasteiger partial charge in [0.15, 0.2) is 5.13 Å². The minimum atomic E-state index is -0.237. The maximum Gasteiger partial charge on any atom is 0.257 e. The van der Waals surface area contributed by atoms with E-state index in [1.807, 2.05) is 12.1 Å². The number of rotatable bonds is 2. The van der Waals surface area contributed by atoms with Gasteiger partial charge in [-0.2, -0.15) is 0 Å². The third-order valence-corrected chi connectivity index (χ3v) is 3.89. The maximum atomic E-state index is 12.1. The highest BCUT2D eigenvalue weighted by Crippen LogP contribution is 2.27. The van der Waals surface area contributed by atoms with Gasteiger partial charge in [0.05, 0.1) is 10.2 Å². The van der Waals surface area contributed by atoms with E-state index in [0.717, 1.165) is 10.2 Å². The van der Waals surface area contributed by atoms with Crippen molar-refractivity contribution in [3.8, 4) is 0 Å². The first-order valence-electron chi connectivity index (χ1n) is 5.85. The molecule has 3 aromatic rings. The Hall–Kier alpha value is -2.11. The summed E-state index contributed by atoms with van der Waals surface area (Å²) >= 11 is 7.25. The smallest absolute Gasteiger partial charge is 0.257 e. The normalized spacial score (nSPS) is 10.7. The molecule has 0 atom stereocenters. The molecule has 1 heterocycles. The van der Waals surface area contributed by atoms with E-state index in [2.05, 4.69) is 10.3 Å². The Balaban J connectivity index is 1.87. The van der Waals surface area contributed by atoms with E-state index in [0.29, 0.717) is 21.4 Å². The summed E-state index contributed by atoms with van der Waals surface area (Å²) in [6, 6.07) is 12.2. The van der Waals surface area contributed by atoms with Crippen LogP contribution in [0.4, 0.5) is 10.8 Å². The van der Waals surface area contributed by atoms with Crippen LogP contribution in [0.1, 0.15) is 10.4 Å². The Morgan fingerprint density at radius 3 is 2.90 bits per heavy atom. The Labute approximate surface area is 124 Å². The number of anilines is 2. The number of hydrogen-bond donors (Lipinski definition) is 2. The van der Waals surface area contributed by atoms with E-state index in [1.54, 1.807) is 30.3 Å². The number of nitrogens with two attached hydrogens (primary N) is 1. The number of nitrogens with one attached hydrogen (secondary N) is 1. The topological polar surface area (TPSA) is 68.0 Å². The van der Waals surface area contributed by atoms with Crippen LogP contribution in [0, 0.1) is 0 Å². The molecule has 0 radical (unpaired) electrons. The van der Waals surface area contributed by atoms with Gasteiger partial charge in [0.2, 0.25) is 0 Å². The lowest BCUT2D eigenvalue weighted by Gasteiger charge is -2.01. The average Bonchev–Trinajstić information content (AvgIpc) is 2.80. The fourth-order valence-electron chi connectivity index (χ4n) is 1.79. The van der Waals surface area contributed by atoms with Gasteiger partial charge in [-0.15, -0.1) is 0 Å². The molecule has 0 aliphatic rings. The standard InChI is InChI=1S/C14H10ClN3OS/c15-9-3-1-2-8(6-9)13(19)18-14-17-11-5-4-10(16)7-12(11)20-14/h1-7H,16H2,(H,17,18,19). The van der Waals surface area contributed by atoms with Crippen LogP contribution in [0.15, 0.2) is 42.5 Å². The number of carbonyl (C=O) groups excluding carboxylic acids is 1. The van der Waals surface area contributed by atoms with Crippen molar-refractivity contribution < 1.29 is 4.79 Å². The average molecular weight is 304 g/mol. The molecule has 100 valence electrons. The molecule has 0 unspecified atom stereocenters. The fraction of sp³-hybridized carbons (Fsp3) is 0. The van der Waals surface area contributed by atoms with Crippen LogP contribution < -0.4 is 11.1 Å². The number of benzene rings is 2. The quantitative estimate of drug-likeness (QED) is 0.708. The SMILES string of the molecule is Nc1ccc2nc(NC(=O)c3cccc(Cl)c3)sc2c1. The Kier molecular flexibility index (Phi) is 3.30. The second-order valence-corrected chi connectivity index (χ2v) is 5.68. The van der Waals surface area contributed by atoms with Crippen molar-refractivity contribution in [3.63, 3.8) is 0 Å². The molecule has 3 N–H and O–H groups in total. The van der Waals surface area contributed by atoms with Gasteiger partial charge in [-0.05, 0) is 36.4 Å². The minimum absolute atomic E-state index is 0.237. The zero-order chi connectivity index (χ0) is 14.1. The maximum absolute atomic E-state index is 12.1. The van der Waals surface area contributed by atoms with Crippen molar-refractivity contribution in [1.29, 1.82) is 0 Å². The number of fused-ring (bicyclic) bond motifs is 1. The summed E-state index contributed by atoms with van der Waals surface area (Å²) in [7, 11) is 0. The van der Waals surface area contributed by atoms with Gasteiger partial charge in [-0.1, -0.05) is 29.0 Å². The van der Waals surface area contributed by atoms with E-state index in [4.69, 9.17) is 17.3 Å². The van der Waals surface area contributed by atoms with Gasteiger partial charge in [-0.3, -0.25) is 10.1 Å². The number of nitrogen functional groups attached to an aromatic ring is 1. The first-order valence-corrected chi connectivity index (χ1v) is 7.04. The number of amides is 1. The molecule has 3 rings (SSSR count). The highest BCUT2D eigenvalue weighted by molar-refractivity contribution is 7.22. The first-order chi connectivity index (χ1) is 9.61. The molecule has 2 aromatic carbocycles. The number of nitrogens with zero attached hydrogens (tertiary/aromatic N) is 1. The number of hydrogen-bond acceptors (Lipinski definition) is 4. The van der Waals surface area contributed by atoms with Crippen molar-refractivity contribution in [3.05, 3.63) is 53.1 Å². The van der Waals surface area contributed by atoms with Crippen molar-refractivity contribution in [1.82, 2.24) is 4.98 Å². The molecule has 6 heteroatoms. The predicted molar refractivity (Wildman–Crippen MR) is 83.4 cm³/mol. The van der Waals surface area contributed by atoms with Crippen LogP contribution in [-0.4, -0.2) is 10.9 Å². The van der Waals surface area contributed by atoms with Gasteiger partial charge in [-0.25, -0.2) is 4.98 Å². The second kappa shape index (κ2) is 5.11. The monoisotopic (exact) mass is 303 g/mol. The molecule has 0 spiro atoms. The van der Waals surface area contributed by atoms with E-state index < -0.39 is 0 Å². The predicted octanol–water partition coefficient (Wildman–Crippen LogP) is 3.78. The van der Waals surface area contributed by atoms with Crippen molar-refractivity contribution in [2.45, 2.75) is 0 Å². The Bertz CT molecular complexity index is 800. The van der Waals surface area contributed by atoms with Crippen LogP contribution in [0.2, 0.25) is 5.02 Å². The molecular formula is C14H10ClN3OS. The largest absolute Gasteiger partial charge is 0.399 e. The molecule has 1 aromatic heterocycles. The van der Waals surface area contributed by atoms with Crippen molar-refractivity contribution in [2.75, 3.05) is 11.1 Å². The minimum Gasteiger partial charge on any atom is -0.399 e. The van der Waals surface area contributed by atoms with Gasteiger partial charge in [0, 0.05) is 16.3 Å². The summed E-state index contributed by atoms with van der Waals surface area (Å²) < 4.78 is 0.936. The van der Waals surface area contributed by atoms with Crippen molar-refractivity contribution >= 4 is 49.9 Å². The van der Waals surface area contributed by atoms with Crippen LogP contribution in [0.25, 0.3) is 10.2 Å². The lowest BCUT2D eigenvalue weighted by atomic mass is 10.2. The molecule has 1 amide bonds. The molecule has 0 aliphatic carbocycles. The lowest BCUT2D eigenvalue weighted by Crippen LogP contribution is -2.11. The second-order valence-electron chi connectivity index (χ2n) is 4.21. The molecule has 20 heavy (non-hydrogen) atoms. The highest BCUT2D eigenvalue weighted by Gasteiger charge is 2.10. The number of halogens is 1. The fourth-order valence-corrected chi connectivity index (χ4v) is 2.89. The number of carbonyl (C=O) groups is 1. The van der Waals surface area contributed by atoms with Gasteiger partial charge >= 0.3 is 0 Å². The molecule has 0 fully saturated rings. The summed E-state index contributed by atoms with van der Waals surface area (Å²) in [5, 5.41) is 3.82. The third kappa shape index (κ3) is 2.59. The Morgan fingerprint density at radius 1 is 1.25 bits per heavy atom. The van der Waals surface area contributed by atoms with Gasteiger partial charge < -0.3 is 5.73 Å². The van der Waals surface area contributed by atoms with Gasteiger partial charge in [0.25, 0.3) is 5.91 Å². The first kappa shape index (κ1) is 12.9. The molecule has 4 nitrogen and oxygen atoms in total. The molecule has 0 bridgehead atoms. The molecule has 0 saturated carbocycles. The molecule has 0 aliphatic heterocycles. The summed E-state index contributed by atoms with van der Waals surface area (Å²) in [4.78, 5) is 16.4. The van der Waals surface area contributed by atoms with E-state index in [-0.39, 0.29) is 5.91 Å². The Morgan fingerprint density at radius 2 is 2.10 bits per heavy atom. The molecular weight excluding hydrogens is 294 g/mol.